The number of nitrogens with two attached hydrogens (primary N) is 1. The minimum atomic E-state index is -3.52. The van der Waals surface area contributed by atoms with Crippen LogP contribution in [0, 0.1) is 0 Å². The fourth-order valence-corrected chi connectivity index (χ4v) is 2.93. The molecule has 0 radical (unpaired) electrons. The van der Waals surface area contributed by atoms with Gasteiger partial charge >= 0.3 is 0 Å². The van der Waals surface area contributed by atoms with E-state index >= 15 is 0 Å². The molecule has 0 spiro atoms. The molecule has 0 aliphatic rings. The Morgan fingerprint density at radius 2 is 1.58 bits per heavy atom. The summed E-state index contributed by atoms with van der Waals surface area (Å²) in [5.74, 6) is 0. The third kappa shape index (κ3) is 2.77. The Hall–Kier alpha value is -1.85. The molecule has 0 amide bonds. The van der Waals surface area contributed by atoms with Crippen molar-refractivity contribution < 1.29 is 8.42 Å². The van der Waals surface area contributed by atoms with E-state index in [1.54, 1.807) is 55.6 Å². The van der Waals surface area contributed by atoms with Crippen LogP contribution >= 0.6 is 0 Å². The molecule has 0 fully saturated rings. The van der Waals surface area contributed by atoms with E-state index in [2.05, 4.69) is 0 Å². The first-order chi connectivity index (χ1) is 9.05. The second kappa shape index (κ2) is 5.42. The zero-order valence-corrected chi connectivity index (χ0v) is 11.5. The third-order valence-corrected chi connectivity index (χ3v) is 4.74. The number of benzene rings is 2. The van der Waals surface area contributed by atoms with Gasteiger partial charge in [-0.25, -0.2) is 8.42 Å². The second-order valence-electron chi connectivity index (χ2n) is 4.16. The molecule has 100 valence electrons. The Morgan fingerprint density at radius 3 is 2.11 bits per heavy atom. The van der Waals surface area contributed by atoms with Gasteiger partial charge in [0, 0.05) is 13.6 Å². The van der Waals surface area contributed by atoms with Crippen LogP contribution in [-0.2, 0) is 16.6 Å². The first-order valence-electron chi connectivity index (χ1n) is 5.88. The summed E-state index contributed by atoms with van der Waals surface area (Å²) in [6, 6.07) is 15.6. The molecular weight excluding hydrogens is 260 g/mol. The van der Waals surface area contributed by atoms with Crippen molar-refractivity contribution in [2.24, 2.45) is 5.73 Å². The quantitative estimate of drug-likeness (QED) is 0.928. The first-order valence-corrected chi connectivity index (χ1v) is 7.32. The second-order valence-corrected chi connectivity index (χ2v) is 6.13. The van der Waals surface area contributed by atoms with E-state index in [0.29, 0.717) is 12.2 Å². The number of rotatable bonds is 4. The molecule has 0 aliphatic carbocycles. The Morgan fingerprint density at radius 1 is 1.00 bits per heavy atom. The fraction of sp³-hybridized carbons (Fsp3) is 0.143. The molecule has 0 unspecified atom stereocenters. The van der Waals surface area contributed by atoms with Crippen molar-refractivity contribution in [2.75, 3.05) is 11.4 Å². The van der Waals surface area contributed by atoms with Crippen LogP contribution < -0.4 is 10.0 Å². The van der Waals surface area contributed by atoms with E-state index in [1.165, 1.54) is 4.31 Å². The number of nitrogens with zero attached hydrogens (tertiary/aromatic N) is 1. The molecule has 2 aromatic rings. The standard InChI is InChI=1S/C14H16N2O2S/c1-16(13-5-3-2-4-6-13)19(17,18)14-9-7-12(11-15)8-10-14/h2-10H,11,15H2,1H3. The Kier molecular flexibility index (Phi) is 3.87. The van der Waals surface area contributed by atoms with Crippen LogP contribution in [0.5, 0.6) is 0 Å². The molecule has 0 atom stereocenters. The summed E-state index contributed by atoms with van der Waals surface area (Å²) < 4.78 is 26.1. The maximum Gasteiger partial charge on any atom is 0.264 e. The van der Waals surface area contributed by atoms with Gasteiger partial charge in [0.15, 0.2) is 0 Å². The first kappa shape index (κ1) is 13.6. The van der Waals surface area contributed by atoms with Crippen LogP contribution in [0.4, 0.5) is 5.69 Å². The van der Waals surface area contributed by atoms with Gasteiger partial charge in [-0.2, -0.15) is 0 Å². The molecular formula is C14H16N2O2S. The van der Waals surface area contributed by atoms with Crippen molar-refractivity contribution >= 4 is 15.7 Å². The van der Waals surface area contributed by atoms with Gasteiger partial charge in [0.2, 0.25) is 0 Å². The Bertz CT molecular complexity index is 637. The summed E-state index contributed by atoms with van der Waals surface area (Å²) in [6.45, 7) is 0.398. The summed E-state index contributed by atoms with van der Waals surface area (Å²) >= 11 is 0. The summed E-state index contributed by atoms with van der Waals surface area (Å²) in [7, 11) is -1.98. The van der Waals surface area contributed by atoms with Crippen LogP contribution in [0.15, 0.2) is 59.5 Å². The maximum atomic E-state index is 12.4. The van der Waals surface area contributed by atoms with Crippen molar-refractivity contribution in [3.63, 3.8) is 0 Å². The minimum absolute atomic E-state index is 0.260. The summed E-state index contributed by atoms with van der Waals surface area (Å²) in [6.07, 6.45) is 0. The molecule has 5 heteroatoms. The largest absolute Gasteiger partial charge is 0.326 e. The minimum Gasteiger partial charge on any atom is -0.326 e. The Balaban J connectivity index is 2.36. The molecule has 2 rings (SSSR count). The predicted octanol–water partition coefficient (Wildman–Crippen LogP) is 1.97. The van der Waals surface area contributed by atoms with Gasteiger partial charge < -0.3 is 5.73 Å². The van der Waals surface area contributed by atoms with Crippen molar-refractivity contribution in [2.45, 2.75) is 11.4 Å². The molecule has 0 saturated heterocycles. The van der Waals surface area contributed by atoms with Gasteiger partial charge in [-0.3, -0.25) is 4.31 Å². The monoisotopic (exact) mass is 276 g/mol. The molecule has 4 nitrogen and oxygen atoms in total. The van der Waals surface area contributed by atoms with Gasteiger partial charge in [-0.15, -0.1) is 0 Å². The van der Waals surface area contributed by atoms with Crippen LogP contribution in [0.2, 0.25) is 0 Å². The highest BCUT2D eigenvalue weighted by atomic mass is 32.2. The van der Waals surface area contributed by atoms with Gasteiger partial charge in [-0.05, 0) is 29.8 Å². The lowest BCUT2D eigenvalue weighted by molar-refractivity contribution is 0.594. The lowest BCUT2D eigenvalue weighted by Gasteiger charge is -2.19. The van der Waals surface area contributed by atoms with Gasteiger partial charge in [0.05, 0.1) is 10.6 Å². The highest BCUT2D eigenvalue weighted by Gasteiger charge is 2.20. The maximum absolute atomic E-state index is 12.4. The molecule has 0 saturated carbocycles. The molecule has 0 aliphatic heterocycles. The van der Waals surface area contributed by atoms with Crippen molar-refractivity contribution in [3.8, 4) is 0 Å². The Labute approximate surface area is 113 Å². The number of hydrogen-bond donors (Lipinski definition) is 1. The van der Waals surface area contributed by atoms with Gasteiger partial charge in [0.25, 0.3) is 10.0 Å². The van der Waals surface area contributed by atoms with Gasteiger partial charge in [0.1, 0.15) is 0 Å². The van der Waals surface area contributed by atoms with E-state index in [9.17, 15) is 8.42 Å². The zero-order chi connectivity index (χ0) is 13.9. The smallest absolute Gasteiger partial charge is 0.264 e. The summed E-state index contributed by atoms with van der Waals surface area (Å²) in [4.78, 5) is 0.260. The number of sulfonamides is 1. The molecule has 19 heavy (non-hydrogen) atoms. The van der Waals surface area contributed by atoms with Crippen molar-refractivity contribution in [1.82, 2.24) is 0 Å². The predicted molar refractivity (Wildman–Crippen MR) is 76.4 cm³/mol. The molecule has 2 N–H and O–H groups in total. The summed E-state index contributed by atoms with van der Waals surface area (Å²) in [5, 5.41) is 0. The van der Waals surface area contributed by atoms with Crippen molar-refractivity contribution in [1.29, 1.82) is 0 Å². The van der Waals surface area contributed by atoms with Crippen LogP contribution in [0.3, 0.4) is 0 Å². The van der Waals surface area contributed by atoms with E-state index in [4.69, 9.17) is 5.73 Å². The SMILES string of the molecule is CN(c1ccccc1)S(=O)(=O)c1ccc(CN)cc1. The number of hydrogen-bond acceptors (Lipinski definition) is 3. The van der Waals surface area contributed by atoms with E-state index in [0.717, 1.165) is 5.56 Å². The van der Waals surface area contributed by atoms with E-state index < -0.39 is 10.0 Å². The van der Waals surface area contributed by atoms with E-state index in [-0.39, 0.29) is 4.90 Å². The fourth-order valence-electron chi connectivity index (χ4n) is 1.73. The molecule has 0 heterocycles. The molecule has 2 aromatic carbocycles. The highest BCUT2D eigenvalue weighted by molar-refractivity contribution is 7.92. The number of anilines is 1. The average Bonchev–Trinajstić information content (AvgIpc) is 2.47. The normalized spacial score (nSPS) is 11.3. The highest BCUT2D eigenvalue weighted by Crippen LogP contribution is 2.21. The topological polar surface area (TPSA) is 63.4 Å². The third-order valence-electron chi connectivity index (χ3n) is 2.94. The number of para-hydroxylation sites is 1. The van der Waals surface area contributed by atoms with Crippen LogP contribution in [0.1, 0.15) is 5.56 Å². The van der Waals surface area contributed by atoms with E-state index in [1.807, 2.05) is 6.07 Å². The summed E-state index contributed by atoms with van der Waals surface area (Å²) in [5.41, 5.74) is 7.03. The zero-order valence-electron chi connectivity index (χ0n) is 10.7. The lowest BCUT2D eigenvalue weighted by atomic mass is 10.2. The van der Waals surface area contributed by atoms with Crippen LogP contribution in [-0.4, -0.2) is 15.5 Å². The van der Waals surface area contributed by atoms with Crippen molar-refractivity contribution in [3.05, 3.63) is 60.2 Å². The molecule has 0 aromatic heterocycles. The molecule has 0 bridgehead atoms. The van der Waals surface area contributed by atoms with Crippen LogP contribution in [0.25, 0.3) is 0 Å². The lowest BCUT2D eigenvalue weighted by Crippen LogP contribution is -2.26. The van der Waals surface area contributed by atoms with Gasteiger partial charge in [-0.1, -0.05) is 30.3 Å². The average molecular weight is 276 g/mol.